The molecule has 82 valence electrons. The van der Waals surface area contributed by atoms with Gasteiger partial charge in [0.1, 0.15) is 0 Å². The number of rotatable bonds is 3. The summed E-state index contributed by atoms with van der Waals surface area (Å²) in [5, 5.41) is 6.82. The summed E-state index contributed by atoms with van der Waals surface area (Å²) >= 11 is 0. The zero-order valence-electron chi connectivity index (χ0n) is 9.24. The van der Waals surface area contributed by atoms with Gasteiger partial charge in [0.25, 0.3) is 0 Å². The fourth-order valence-corrected chi connectivity index (χ4v) is 2.41. The van der Waals surface area contributed by atoms with Crippen LogP contribution < -0.4 is 10.6 Å². The van der Waals surface area contributed by atoms with Crippen molar-refractivity contribution in [2.45, 2.75) is 18.9 Å². The summed E-state index contributed by atoms with van der Waals surface area (Å²) in [7, 11) is 2.04. The monoisotopic (exact) mass is 205 g/mol. The summed E-state index contributed by atoms with van der Waals surface area (Å²) in [6, 6.07) is 4.64. The molecule has 1 saturated heterocycles. The maximum atomic E-state index is 4.19. The first-order valence-electron chi connectivity index (χ1n) is 5.69. The van der Waals surface area contributed by atoms with Gasteiger partial charge in [0.05, 0.1) is 0 Å². The van der Waals surface area contributed by atoms with Gasteiger partial charge in [-0.25, -0.2) is 0 Å². The third-order valence-corrected chi connectivity index (χ3v) is 3.21. The van der Waals surface area contributed by atoms with Crippen molar-refractivity contribution in [2.24, 2.45) is 5.92 Å². The van der Waals surface area contributed by atoms with E-state index in [0.717, 1.165) is 19.0 Å². The van der Waals surface area contributed by atoms with E-state index >= 15 is 0 Å². The third-order valence-electron chi connectivity index (χ3n) is 3.21. The zero-order chi connectivity index (χ0) is 10.5. The molecule has 1 aromatic rings. The molecule has 0 spiro atoms. The van der Waals surface area contributed by atoms with Gasteiger partial charge in [-0.15, -0.1) is 0 Å². The van der Waals surface area contributed by atoms with E-state index in [0.29, 0.717) is 6.04 Å². The summed E-state index contributed by atoms with van der Waals surface area (Å²) in [4.78, 5) is 4.19. The van der Waals surface area contributed by atoms with Crippen LogP contribution in [0.25, 0.3) is 0 Å². The predicted octanol–water partition coefficient (Wildman–Crippen LogP) is 1.34. The summed E-state index contributed by atoms with van der Waals surface area (Å²) in [6.07, 6.45) is 6.31. The molecule has 1 unspecified atom stereocenters. The van der Waals surface area contributed by atoms with Gasteiger partial charge >= 0.3 is 0 Å². The predicted molar refractivity (Wildman–Crippen MR) is 61.6 cm³/mol. The summed E-state index contributed by atoms with van der Waals surface area (Å²) in [6.45, 7) is 2.28. The highest BCUT2D eigenvalue weighted by atomic mass is 14.9. The maximum Gasteiger partial charge on any atom is 0.0362 e. The van der Waals surface area contributed by atoms with Crippen molar-refractivity contribution in [3.8, 4) is 0 Å². The maximum absolute atomic E-state index is 4.19. The quantitative estimate of drug-likeness (QED) is 0.782. The highest BCUT2D eigenvalue weighted by molar-refractivity contribution is 5.15. The molecule has 0 radical (unpaired) electrons. The number of nitrogens with zero attached hydrogens (tertiary/aromatic N) is 1. The number of aromatic nitrogens is 1. The minimum atomic E-state index is 0.459. The highest BCUT2D eigenvalue weighted by Crippen LogP contribution is 2.27. The molecule has 2 N–H and O–H groups in total. The Bertz CT molecular complexity index is 280. The van der Waals surface area contributed by atoms with Gasteiger partial charge in [0, 0.05) is 18.4 Å². The fraction of sp³-hybridized carbons (Fsp3) is 0.583. The van der Waals surface area contributed by atoms with E-state index in [1.165, 1.54) is 18.4 Å². The van der Waals surface area contributed by atoms with Gasteiger partial charge in [-0.1, -0.05) is 6.07 Å². The van der Waals surface area contributed by atoms with E-state index in [2.05, 4.69) is 21.7 Å². The van der Waals surface area contributed by atoms with Crippen LogP contribution in [0.4, 0.5) is 0 Å². The summed E-state index contributed by atoms with van der Waals surface area (Å²) in [5.74, 6) is 0.737. The molecule has 15 heavy (non-hydrogen) atoms. The topological polar surface area (TPSA) is 37.0 Å². The number of pyridine rings is 1. The Kier molecular flexibility index (Phi) is 3.69. The second-order valence-corrected chi connectivity index (χ2v) is 4.14. The first-order chi connectivity index (χ1) is 7.42. The molecule has 3 heteroatoms. The number of hydrogen-bond donors (Lipinski definition) is 2. The molecule has 1 aliphatic rings. The third kappa shape index (κ3) is 2.55. The van der Waals surface area contributed by atoms with Crippen LogP contribution in [0.2, 0.25) is 0 Å². The minimum absolute atomic E-state index is 0.459. The van der Waals surface area contributed by atoms with Gasteiger partial charge in [-0.05, 0) is 50.5 Å². The molecule has 0 aromatic carbocycles. The van der Waals surface area contributed by atoms with Crippen molar-refractivity contribution in [1.82, 2.24) is 15.6 Å². The van der Waals surface area contributed by atoms with Crippen molar-refractivity contribution in [1.29, 1.82) is 0 Å². The Labute approximate surface area is 91.3 Å². The van der Waals surface area contributed by atoms with E-state index < -0.39 is 0 Å². The summed E-state index contributed by atoms with van der Waals surface area (Å²) < 4.78 is 0. The molecule has 2 rings (SSSR count). The highest BCUT2D eigenvalue weighted by Gasteiger charge is 2.23. The zero-order valence-corrected chi connectivity index (χ0v) is 9.24. The lowest BCUT2D eigenvalue weighted by Crippen LogP contribution is -2.35. The molecule has 0 aliphatic carbocycles. The van der Waals surface area contributed by atoms with Gasteiger partial charge < -0.3 is 10.6 Å². The molecule has 1 atom stereocenters. The van der Waals surface area contributed by atoms with Crippen molar-refractivity contribution >= 4 is 0 Å². The number of nitrogens with one attached hydrogen (secondary N) is 2. The Hall–Kier alpha value is -0.930. The molecule has 1 fully saturated rings. The van der Waals surface area contributed by atoms with Crippen molar-refractivity contribution in [3.05, 3.63) is 30.1 Å². The number of hydrogen-bond acceptors (Lipinski definition) is 3. The molecular weight excluding hydrogens is 186 g/mol. The van der Waals surface area contributed by atoms with Crippen LogP contribution in [0, 0.1) is 5.92 Å². The van der Waals surface area contributed by atoms with Crippen molar-refractivity contribution < 1.29 is 0 Å². The lowest BCUT2D eigenvalue weighted by atomic mass is 9.87. The standard InChI is InChI=1S/C12H19N3/c1-13-12(10-4-7-14-8-5-10)11-3-2-6-15-9-11/h2-3,6,9-10,12-14H,4-5,7-8H2,1H3. The first-order valence-corrected chi connectivity index (χ1v) is 5.69. The lowest BCUT2D eigenvalue weighted by Gasteiger charge is -2.30. The normalized spacial score (nSPS) is 20.1. The molecule has 1 aromatic heterocycles. The largest absolute Gasteiger partial charge is 0.317 e. The summed E-state index contributed by atoms with van der Waals surface area (Å²) in [5.41, 5.74) is 1.31. The van der Waals surface area contributed by atoms with E-state index in [4.69, 9.17) is 0 Å². The van der Waals surface area contributed by atoms with Gasteiger partial charge in [0.2, 0.25) is 0 Å². The second kappa shape index (κ2) is 5.24. The Morgan fingerprint density at radius 2 is 2.27 bits per heavy atom. The van der Waals surface area contributed by atoms with E-state index in [-0.39, 0.29) is 0 Å². The Morgan fingerprint density at radius 3 is 2.87 bits per heavy atom. The molecule has 2 heterocycles. The van der Waals surface area contributed by atoms with Crippen molar-refractivity contribution in [2.75, 3.05) is 20.1 Å². The molecule has 3 nitrogen and oxygen atoms in total. The van der Waals surface area contributed by atoms with E-state index in [1.54, 1.807) is 0 Å². The first kappa shape index (κ1) is 10.6. The fourth-order valence-electron chi connectivity index (χ4n) is 2.41. The molecule has 0 bridgehead atoms. The van der Waals surface area contributed by atoms with E-state index in [1.807, 2.05) is 25.5 Å². The van der Waals surface area contributed by atoms with Crippen LogP contribution in [-0.2, 0) is 0 Å². The average Bonchev–Trinajstić information content (AvgIpc) is 2.33. The molecule has 0 saturated carbocycles. The van der Waals surface area contributed by atoms with Crippen LogP contribution >= 0.6 is 0 Å². The van der Waals surface area contributed by atoms with Crippen LogP contribution in [-0.4, -0.2) is 25.1 Å². The minimum Gasteiger partial charge on any atom is -0.317 e. The van der Waals surface area contributed by atoms with Crippen LogP contribution in [0.5, 0.6) is 0 Å². The molecule has 0 amide bonds. The molecular formula is C12H19N3. The van der Waals surface area contributed by atoms with Gasteiger partial charge in [-0.3, -0.25) is 4.98 Å². The Morgan fingerprint density at radius 1 is 1.47 bits per heavy atom. The SMILES string of the molecule is CNC(c1cccnc1)C1CCNCC1. The second-order valence-electron chi connectivity index (χ2n) is 4.14. The van der Waals surface area contributed by atoms with Gasteiger partial charge in [-0.2, -0.15) is 0 Å². The number of piperidine rings is 1. The van der Waals surface area contributed by atoms with Gasteiger partial charge in [0.15, 0.2) is 0 Å². The van der Waals surface area contributed by atoms with Crippen LogP contribution in [0.1, 0.15) is 24.4 Å². The lowest BCUT2D eigenvalue weighted by molar-refractivity contribution is 0.293. The molecule has 1 aliphatic heterocycles. The van der Waals surface area contributed by atoms with E-state index in [9.17, 15) is 0 Å². The average molecular weight is 205 g/mol. The van der Waals surface area contributed by atoms with Crippen LogP contribution in [0.3, 0.4) is 0 Å². The van der Waals surface area contributed by atoms with Crippen molar-refractivity contribution in [3.63, 3.8) is 0 Å². The smallest absolute Gasteiger partial charge is 0.0362 e. The van der Waals surface area contributed by atoms with Crippen LogP contribution in [0.15, 0.2) is 24.5 Å². The Balaban J connectivity index is 2.09.